The summed E-state index contributed by atoms with van der Waals surface area (Å²) in [6, 6.07) is 0. The van der Waals surface area contributed by atoms with Crippen LogP contribution in [0, 0.1) is 0 Å². The Morgan fingerprint density at radius 2 is 0.456 bits per heavy atom. The molecule has 0 aliphatic rings. The molecule has 0 N–H and O–H groups in total. The Morgan fingerprint density at radius 3 is 0.709 bits per heavy atom. The van der Waals surface area contributed by atoms with Gasteiger partial charge in [0.2, 0.25) is 0 Å². The number of hydrogen-bond acceptors (Lipinski definition) is 6. The van der Waals surface area contributed by atoms with Crippen molar-refractivity contribution in [3.63, 3.8) is 0 Å². The van der Waals surface area contributed by atoms with Crippen LogP contribution in [-0.2, 0) is 28.6 Å². The van der Waals surface area contributed by atoms with E-state index in [1.54, 1.807) is 0 Å². The third kappa shape index (κ3) is 66.3. The number of ether oxygens (including phenoxy) is 3. The van der Waals surface area contributed by atoms with Gasteiger partial charge in [-0.15, -0.1) is 0 Å². The van der Waals surface area contributed by atoms with Gasteiger partial charge in [0.15, 0.2) is 6.10 Å². The zero-order valence-electron chi connectivity index (χ0n) is 53.4. The first-order valence-electron chi connectivity index (χ1n) is 35.5. The minimum atomic E-state index is -0.770. The maximum absolute atomic E-state index is 12.9. The van der Waals surface area contributed by atoms with Gasteiger partial charge in [-0.3, -0.25) is 14.4 Å². The van der Waals surface area contributed by atoms with E-state index < -0.39 is 6.10 Å². The molecular formula is C73H136O6. The molecular weight excluding hydrogens is 973 g/mol. The summed E-state index contributed by atoms with van der Waals surface area (Å²) in [7, 11) is 0. The largest absolute Gasteiger partial charge is 0.462 e. The molecule has 464 valence electrons. The highest BCUT2D eigenvalue weighted by Gasteiger charge is 2.19. The minimum Gasteiger partial charge on any atom is -0.462 e. The van der Waals surface area contributed by atoms with Gasteiger partial charge in [0.25, 0.3) is 0 Å². The van der Waals surface area contributed by atoms with Gasteiger partial charge in [-0.25, -0.2) is 0 Å². The number of carbonyl (C=O) groups is 3. The quantitative estimate of drug-likeness (QED) is 0.0261. The van der Waals surface area contributed by atoms with Gasteiger partial charge < -0.3 is 14.2 Å². The smallest absolute Gasteiger partial charge is 0.306 e. The van der Waals surface area contributed by atoms with Crippen LogP contribution >= 0.6 is 0 Å². The van der Waals surface area contributed by atoms with Gasteiger partial charge in [0.05, 0.1) is 0 Å². The van der Waals surface area contributed by atoms with E-state index in [1.807, 2.05) is 0 Å². The molecule has 0 saturated carbocycles. The lowest BCUT2D eigenvalue weighted by Crippen LogP contribution is -2.30. The van der Waals surface area contributed by atoms with Crippen molar-refractivity contribution >= 4 is 17.9 Å². The number of hydrogen-bond donors (Lipinski definition) is 0. The molecule has 0 heterocycles. The van der Waals surface area contributed by atoms with Crippen LogP contribution in [0.3, 0.4) is 0 Å². The Hall–Kier alpha value is -2.37. The molecule has 0 aromatic carbocycles. The summed E-state index contributed by atoms with van der Waals surface area (Å²) in [4.78, 5) is 38.4. The van der Waals surface area contributed by atoms with Gasteiger partial charge in [-0.2, -0.15) is 0 Å². The van der Waals surface area contributed by atoms with Crippen molar-refractivity contribution in [2.75, 3.05) is 13.2 Å². The number of esters is 3. The van der Waals surface area contributed by atoms with Gasteiger partial charge >= 0.3 is 17.9 Å². The van der Waals surface area contributed by atoms with E-state index in [4.69, 9.17) is 14.2 Å². The molecule has 0 aliphatic carbocycles. The van der Waals surface area contributed by atoms with E-state index in [-0.39, 0.29) is 31.1 Å². The highest BCUT2D eigenvalue weighted by molar-refractivity contribution is 5.71. The molecule has 0 fully saturated rings. The van der Waals surface area contributed by atoms with E-state index in [9.17, 15) is 14.4 Å². The minimum absolute atomic E-state index is 0.0658. The summed E-state index contributed by atoms with van der Waals surface area (Å²) in [6.07, 6.45) is 84.5. The molecule has 6 nitrogen and oxygen atoms in total. The third-order valence-electron chi connectivity index (χ3n) is 16.1. The van der Waals surface area contributed by atoms with Crippen molar-refractivity contribution in [1.29, 1.82) is 0 Å². The van der Waals surface area contributed by atoms with Crippen molar-refractivity contribution in [3.05, 3.63) is 36.5 Å². The molecule has 0 rings (SSSR count). The first-order chi connectivity index (χ1) is 39.0. The highest BCUT2D eigenvalue weighted by atomic mass is 16.6. The Labute approximate surface area is 493 Å². The van der Waals surface area contributed by atoms with Crippen LogP contribution in [0.2, 0.25) is 0 Å². The number of unbranched alkanes of at least 4 members (excludes halogenated alkanes) is 49. The summed E-state index contributed by atoms with van der Waals surface area (Å²) in [5.41, 5.74) is 0. The molecule has 0 saturated heterocycles. The molecule has 79 heavy (non-hydrogen) atoms. The Kier molecular flexibility index (Phi) is 66.1. The lowest BCUT2D eigenvalue weighted by Gasteiger charge is -2.18. The molecule has 0 spiro atoms. The summed E-state index contributed by atoms with van der Waals surface area (Å²) in [6.45, 7) is 6.71. The van der Waals surface area contributed by atoms with Crippen LogP contribution in [0.4, 0.5) is 0 Å². The molecule has 0 aromatic heterocycles. The van der Waals surface area contributed by atoms with Crippen LogP contribution < -0.4 is 0 Å². The predicted octanol–water partition coefficient (Wildman–Crippen LogP) is 24.3. The van der Waals surface area contributed by atoms with Crippen LogP contribution in [0.25, 0.3) is 0 Å². The average Bonchev–Trinajstić information content (AvgIpc) is 3.45. The summed E-state index contributed by atoms with van der Waals surface area (Å²) in [5, 5.41) is 0. The van der Waals surface area contributed by atoms with Crippen molar-refractivity contribution in [3.8, 4) is 0 Å². The maximum Gasteiger partial charge on any atom is 0.306 e. The van der Waals surface area contributed by atoms with Crippen molar-refractivity contribution in [1.82, 2.24) is 0 Å². The molecule has 1 atom stereocenters. The Balaban J connectivity index is 4.25. The van der Waals surface area contributed by atoms with E-state index in [0.717, 1.165) is 70.6 Å². The normalized spacial score (nSPS) is 12.2. The first kappa shape index (κ1) is 76.6. The topological polar surface area (TPSA) is 78.9 Å². The SMILES string of the molecule is CCCCCCC/C=C\C/C=C\C/C=C\CCCCCCCCCCCCCCC(=O)OCC(COC(=O)CCCCCCCCCCCCCCCCC)OC(=O)CCCCCCCCCCCCCCCCCCCCC. The van der Waals surface area contributed by atoms with E-state index in [2.05, 4.69) is 57.2 Å². The number of rotatable bonds is 66. The summed E-state index contributed by atoms with van der Waals surface area (Å²) < 4.78 is 17.0. The third-order valence-corrected chi connectivity index (χ3v) is 16.1. The van der Waals surface area contributed by atoms with Gasteiger partial charge in [0, 0.05) is 19.3 Å². The fourth-order valence-electron chi connectivity index (χ4n) is 10.8. The van der Waals surface area contributed by atoms with Crippen molar-refractivity contribution < 1.29 is 28.6 Å². The molecule has 0 aromatic rings. The summed E-state index contributed by atoms with van der Waals surface area (Å²) >= 11 is 0. The average molecular weight is 1110 g/mol. The van der Waals surface area contributed by atoms with Gasteiger partial charge in [-0.05, 0) is 57.8 Å². The first-order valence-corrected chi connectivity index (χ1v) is 35.5. The zero-order chi connectivity index (χ0) is 57.1. The number of carbonyl (C=O) groups excluding carboxylic acids is 3. The second kappa shape index (κ2) is 68.1. The predicted molar refractivity (Wildman–Crippen MR) is 344 cm³/mol. The van der Waals surface area contributed by atoms with E-state index in [0.29, 0.717) is 19.3 Å². The van der Waals surface area contributed by atoms with Crippen LogP contribution in [0.5, 0.6) is 0 Å². The Bertz CT molecular complexity index is 1320. The highest BCUT2D eigenvalue weighted by Crippen LogP contribution is 2.19. The van der Waals surface area contributed by atoms with E-state index in [1.165, 1.54) is 283 Å². The van der Waals surface area contributed by atoms with E-state index >= 15 is 0 Å². The fraction of sp³-hybridized carbons (Fsp3) is 0.877. The van der Waals surface area contributed by atoms with Crippen LogP contribution in [0.1, 0.15) is 393 Å². The van der Waals surface area contributed by atoms with Crippen LogP contribution in [0.15, 0.2) is 36.5 Å². The molecule has 0 radical (unpaired) electrons. The fourth-order valence-corrected chi connectivity index (χ4v) is 10.8. The Morgan fingerprint density at radius 1 is 0.253 bits per heavy atom. The molecule has 6 heteroatoms. The zero-order valence-corrected chi connectivity index (χ0v) is 53.4. The lowest BCUT2D eigenvalue weighted by molar-refractivity contribution is -0.167. The van der Waals surface area contributed by atoms with Crippen molar-refractivity contribution in [2.24, 2.45) is 0 Å². The molecule has 0 bridgehead atoms. The lowest BCUT2D eigenvalue weighted by atomic mass is 10.0. The maximum atomic E-state index is 12.9. The van der Waals surface area contributed by atoms with Gasteiger partial charge in [-0.1, -0.05) is 353 Å². The second-order valence-electron chi connectivity index (χ2n) is 24.2. The number of allylic oxidation sites excluding steroid dienone is 6. The van der Waals surface area contributed by atoms with Gasteiger partial charge in [0.1, 0.15) is 13.2 Å². The second-order valence-corrected chi connectivity index (χ2v) is 24.2. The summed E-state index contributed by atoms with van der Waals surface area (Å²) in [5.74, 6) is -0.836. The monoisotopic (exact) mass is 1110 g/mol. The molecule has 0 aliphatic heterocycles. The van der Waals surface area contributed by atoms with Crippen molar-refractivity contribution in [2.45, 2.75) is 399 Å². The van der Waals surface area contributed by atoms with Crippen LogP contribution in [-0.4, -0.2) is 37.2 Å². The standard InChI is InChI=1S/C73H136O6/c1-4-7-10-13-16-19-22-25-28-30-32-33-34-35-36-37-38-39-41-42-45-48-51-54-57-60-63-66-72(75)78-69-70(68-77-71(74)65-62-59-56-53-50-47-44-27-24-21-18-15-12-9-6-3)79-73(76)67-64-61-58-55-52-49-46-43-40-31-29-26-23-20-17-14-11-8-5-2/h22,25,30,32,34-35,70H,4-21,23-24,26-29,31,33,36-69H2,1-3H3/b25-22-,32-30-,35-34-. The molecule has 0 amide bonds. The molecule has 1 unspecified atom stereocenters.